The van der Waals surface area contributed by atoms with Crippen molar-refractivity contribution in [2.24, 2.45) is 7.05 Å². The molecule has 1 N–H and O–H groups in total. The zero-order chi connectivity index (χ0) is 24.1. The number of rotatable bonds is 4. The fourth-order valence-electron chi connectivity index (χ4n) is 5.09. The molecule has 1 aromatic carbocycles. The average Bonchev–Trinajstić information content (AvgIpc) is 3.04. The fourth-order valence-corrected chi connectivity index (χ4v) is 5.09. The Morgan fingerprint density at radius 1 is 1.15 bits per heavy atom. The maximum absolute atomic E-state index is 13.5. The van der Waals surface area contributed by atoms with Gasteiger partial charge >= 0.3 is 0 Å². The van der Waals surface area contributed by atoms with Crippen LogP contribution in [0.4, 0.5) is 0 Å². The minimum Gasteiger partial charge on any atom is -0.488 e. The van der Waals surface area contributed by atoms with Crippen molar-refractivity contribution < 1.29 is 9.53 Å². The van der Waals surface area contributed by atoms with Crippen molar-refractivity contribution in [2.45, 2.75) is 53.5 Å². The van der Waals surface area contributed by atoms with Crippen LogP contribution in [0.5, 0.6) is 5.75 Å². The summed E-state index contributed by atoms with van der Waals surface area (Å²) in [6, 6.07) is 6.68. The second-order valence-corrected chi connectivity index (χ2v) is 10.0. The van der Waals surface area contributed by atoms with Crippen LogP contribution in [-0.4, -0.2) is 47.2 Å². The van der Waals surface area contributed by atoms with E-state index in [0.29, 0.717) is 18.7 Å². The first-order chi connectivity index (χ1) is 15.6. The molecule has 176 valence electrons. The summed E-state index contributed by atoms with van der Waals surface area (Å²) in [5, 5.41) is 3.38. The molecule has 33 heavy (non-hydrogen) atoms. The first kappa shape index (κ1) is 23.4. The molecular formula is C28H37N3O2. The van der Waals surface area contributed by atoms with E-state index in [2.05, 4.69) is 83.3 Å². The second kappa shape index (κ2) is 8.53. The van der Waals surface area contributed by atoms with Crippen molar-refractivity contribution in [2.75, 3.05) is 26.2 Å². The zero-order valence-electron chi connectivity index (χ0n) is 21.2. The summed E-state index contributed by atoms with van der Waals surface area (Å²) in [4.78, 5) is 15.4. The Morgan fingerprint density at radius 2 is 1.88 bits per heavy atom. The Hall–Kier alpha value is -2.79. The summed E-state index contributed by atoms with van der Waals surface area (Å²) >= 11 is 0. The van der Waals surface area contributed by atoms with Crippen LogP contribution in [0.15, 0.2) is 35.9 Å². The van der Waals surface area contributed by atoms with Crippen molar-refractivity contribution >= 4 is 11.5 Å². The SMILES string of the molecule is C=C(C(=O)N1CCNCC1(C)C)C1=C(C)c2cc(-c3cc(C)n(C)c3C)c(CC)cc2OC1. The second-order valence-electron chi connectivity index (χ2n) is 10.0. The van der Waals surface area contributed by atoms with Gasteiger partial charge in [-0.1, -0.05) is 13.5 Å². The maximum Gasteiger partial charge on any atom is 0.254 e. The van der Waals surface area contributed by atoms with Crippen LogP contribution in [-0.2, 0) is 18.3 Å². The van der Waals surface area contributed by atoms with Gasteiger partial charge in [0.2, 0.25) is 0 Å². The molecule has 1 aromatic heterocycles. The van der Waals surface area contributed by atoms with Crippen LogP contribution in [0, 0.1) is 13.8 Å². The molecule has 0 atom stereocenters. The van der Waals surface area contributed by atoms with Gasteiger partial charge in [-0.3, -0.25) is 4.79 Å². The third kappa shape index (κ3) is 3.93. The standard InChI is InChI=1S/C28H37N3O2/c1-9-21-13-26-22(14-24(21)23-12-17(2)30(8)20(23)5)18(3)25(15-33-26)19(4)27(32)31-11-10-29-16-28(31,6)7/h12-14,29H,4,9-11,15-16H2,1-3,5-8H3. The Labute approximate surface area is 198 Å². The van der Waals surface area contributed by atoms with E-state index < -0.39 is 0 Å². The number of allylic oxidation sites excluding steroid dienone is 1. The molecule has 1 fully saturated rings. The third-order valence-corrected chi connectivity index (χ3v) is 7.55. The van der Waals surface area contributed by atoms with Gasteiger partial charge in [0.25, 0.3) is 5.91 Å². The predicted octanol–water partition coefficient (Wildman–Crippen LogP) is 4.80. The van der Waals surface area contributed by atoms with Gasteiger partial charge in [0.15, 0.2) is 0 Å². The molecule has 1 saturated heterocycles. The summed E-state index contributed by atoms with van der Waals surface area (Å²) < 4.78 is 8.43. The maximum atomic E-state index is 13.5. The number of aromatic nitrogens is 1. The first-order valence-electron chi connectivity index (χ1n) is 11.9. The molecule has 4 rings (SSSR count). The number of nitrogens with zero attached hydrogens (tertiary/aromatic N) is 2. The largest absolute Gasteiger partial charge is 0.488 e. The molecular weight excluding hydrogens is 410 g/mol. The highest BCUT2D eigenvalue weighted by Gasteiger charge is 2.36. The Balaban J connectivity index is 1.76. The van der Waals surface area contributed by atoms with Crippen LogP contribution in [0.2, 0.25) is 0 Å². The van der Waals surface area contributed by atoms with Gasteiger partial charge in [-0.15, -0.1) is 0 Å². The number of aryl methyl sites for hydroxylation is 2. The van der Waals surface area contributed by atoms with Crippen LogP contribution in [0.3, 0.4) is 0 Å². The smallest absolute Gasteiger partial charge is 0.254 e. The minimum atomic E-state index is -0.244. The van der Waals surface area contributed by atoms with Crippen molar-refractivity contribution in [1.29, 1.82) is 0 Å². The van der Waals surface area contributed by atoms with E-state index in [9.17, 15) is 4.79 Å². The lowest BCUT2D eigenvalue weighted by Gasteiger charge is -2.43. The van der Waals surface area contributed by atoms with Crippen LogP contribution in [0.1, 0.15) is 50.2 Å². The lowest BCUT2D eigenvalue weighted by molar-refractivity contribution is -0.133. The Morgan fingerprint density at radius 3 is 2.48 bits per heavy atom. The van der Waals surface area contributed by atoms with E-state index in [1.807, 2.05) is 4.90 Å². The monoisotopic (exact) mass is 447 g/mol. The quantitative estimate of drug-likeness (QED) is 0.685. The molecule has 0 spiro atoms. The molecule has 2 aliphatic rings. The number of benzene rings is 1. The van der Waals surface area contributed by atoms with Crippen LogP contribution >= 0.6 is 0 Å². The molecule has 2 aliphatic heterocycles. The number of nitrogens with one attached hydrogen (secondary N) is 1. The number of ether oxygens (including phenoxy) is 1. The number of hydrogen-bond donors (Lipinski definition) is 1. The summed E-state index contributed by atoms with van der Waals surface area (Å²) in [7, 11) is 2.11. The number of amides is 1. The van der Waals surface area contributed by atoms with E-state index in [-0.39, 0.29) is 11.4 Å². The lowest BCUT2D eigenvalue weighted by atomic mass is 9.88. The highest BCUT2D eigenvalue weighted by atomic mass is 16.5. The number of fused-ring (bicyclic) bond motifs is 1. The molecule has 0 bridgehead atoms. The molecule has 5 heteroatoms. The minimum absolute atomic E-state index is 0.00262. The van der Waals surface area contributed by atoms with Crippen molar-refractivity contribution in [3.05, 3.63) is 58.4 Å². The molecule has 1 amide bonds. The van der Waals surface area contributed by atoms with E-state index >= 15 is 0 Å². The first-order valence-corrected chi connectivity index (χ1v) is 11.9. The summed E-state index contributed by atoms with van der Waals surface area (Å²) in [6.45, 7) is 19.7. The van der Waals surface area contributed by atoms with Crippen molar-refractivity contribution in [3.63, 3.8) is 0 Å². The van der Waals surface area contributed by atoms with Crippen LogP contribution < -0.4 is 10.1 Å². The van der Waals surface area contributed by atoms with Crippen molar-refractivity contribution in [3.8, 4) is 16.9 Å². The topological polar surface area (TPSA) is 46.5 Å². The third-order valence-electron chi connectivity index (χ3n) is 7.55. The Kier molecular flexibility index (Phi) is 6.04. The average molecular weight is 448 g/mol. The number of carbonyl (C=O) groups excluding carboxylic acids is 1. The normalized spacial score (nSPS) is 17.6. The van der Waals surface area contributed by atoms with Gasteiger partial charge in [0.1, 0.15) is 12.4 Å². The Bertz CT molecular complexity index is 1170. The zero-order valence-corrected chi connectivity index (χ0v) is 21.2. The highest BCUT2D eigenvalue weighted by molar-refractivity contribution is 6.01. The predicted molar refractivity (Wildman–Crippen MR) is 136 cm³/mol. The van der Waals surface area contributed by atoms with Gasteiger partial charge in [-0.05, 0) is 75.9 Å². The number of carbonyl (C=O) groups is 1. The molecule has 2 aromatic rings. The van der Waals surface area contributed by atoms with Crippen molar-refractivity contribution in [1.82, 2.24) is 14.8 Å². The fraction of sp³-hybridized carbons (Fsp3) is 0.464. The van der Waals surface area contributed by atoms with Gasteiger partial charge < -0.3 is 19.5 Å². The molecule has 3 heterocycles. The number of hydrogen-bond acceptors (Lipinski definition) is 3. The molecule has 0 unspecified atom stereocenters. The number of piperazine rings is 1. The van der Waals surface area contributed by atoms with E-state index in [4.69, 9.17) is 4.74 Å². The summed E-state index contributed by atoms with van der Waals surface area (Å²) in [5.74, 6) is 0.896. The lowest BCUT2D eigenvalue weighted by Crippen LogP contribution is -2.60. The molecule has 0 radical (unpaired) electrons. The molecule has 5 nitrogen and oxygen atoms in total. The highest BCUT2D eigenvalue weighted by Crippen LogP contribution is 2.41. The van der Waals surface area contributed by atoms with E-state index in [1.54, 1.807) is 0 Å². The molecule has 0 saturated carbocycles. The van der Waals surface area contributed by atoms with Crippen LogP contribution in [0.25, 0.3) is 16.7 Å². The van der Waals surface area contributed by atoms with Gasteiger partial charge in [0.05, 0.1) is 5.54 Å². The van der Waals surface area contributed by atoms with Gasteiger partial charge in [0, 0.05) is 60.3 Å². The summed E-state index contributed by atoms with van der Waals surface area (Å²) in [6.07, 6.45) is 0.929. The summed E-state index contributed by atoms with van der Waals surface area (Å²) in [5.41, 5.74) is 9.59. The van der Waals surface area contributed by atoms with Gasteiger partial charge in [-0.25, -0.2) is 0 Å². The molecule has 0 aliphatic carbocycles. The van der Waals surface area contributed by atoms with E-state index in [1.165, 1.54) is 28.1 Å². The van der Waals surface area contributed by atoms with E-state index in [0.717, 1.165) is 42.0 Å². The van der Waals surface area contributed by atoms with Gasteiger partial charge in [-0.2, -0.15) is 0 Å².